The molecule has 0 fully saturated rings. The molecule has 0 spiro atoms. The molecule has 1 aliphatic heterocycles. The summed E-state index contributed by atoms with van der Waals surface area (Å²) >= 11 is 0. The molecule has 4 nitrogen and oxygen atoms in total. The van der Waals surface area contributed by atoms with Crippen LogP contribution in [-0.2, 0) is 13.0 Å². The fraction of sp³-hybridized carbons (Fsp3) is 0.316. The number of anilines is 1. The lowest BCUT2D eigenvalue weighted by Crippen LogP contribution is -2.23. The molecular weight excluding hydrogens is 288 g/mol. The SMILES string of the molecule is CCCOc1cccc(C(=O)Nc2ccc3c(c2)CNCC3)c1. The summed E-state index contributed by atoms with van der Waals surface area (Å²) in [6, 6.07) is 13.4. The minimum atomic E-state index is -0.115. The third-order valence-corrected chi connectivity index (χ3v) is 3.92. The number of benzene rings is 2. The molecule has 3 rings (SSSR count). The van der Waals surface area contributed by atoms with E-state index in [1.165, 1.54) is 11.1 Å². The van der Waals surface area contributed by atoms with Crippen LogP contribution in [0.3, 0.4) is 0 Å². The second kappa shape index (κ2) is 7.29. The lowest BCUT2D eigenvalue weighted by Gasteiger charge is -2.18. The molecule has 120 valence electrons. The Bertz CT molecular complexity index is 698. The molecule has 0 saturated heterocycles. The zero-order valence-electron chi connectivity index (χ0n) is 13.4. The molecule has 1 aliphatic rings. The van der Waals surface area contributed by atoms with Crippen molar-refractivity contribution in [2.45, 2.75) is 26.3 Å². The van der Waals surface area contributed by atoms with Crippen molar-refractivity contribution in [3.63, 3.8) is 0 Å². The lowest BCUT2D eigenvalue weighted by atomic mass is 10.0. The summed E-state index contributed by atoms with van der Waals surface area (Å²) in [4.78, 5) is 12.4. The van der Waals surface area contributed by atoms with Crippen LogP contribution in [0.2, 0.25) is 0 Å². The van der Waals surface area contributed by atoms with Crippen LogP contribution in [0.4, 0.5) is 5.69 Å². The zero-order valence-corrected chi connectivity index (χ0v) is 13.4. The van der Waals surface area contributed by atoms with Gasteiger partial charge in [0.05, 0.1) is 6.61 Å². The largest absolute Gasteiger partial charge is 0.494 e. The molecule has 0 aromatic heterocycles. The highest BCUT2D eigenvalue weighted by molar-refractivity contribution is 6.04. The second-order valence-electron chi connectivity index (χ2n) is 5.74. The van der Waals surface area contributed by atoms with Crippen molar-refractivity contribution in [1.29, 1.82) is 0 Å². The number of carbonyl (C=O) groups excluding carboxylic acids is 1. The van der Waals surface area contributed by atoms with Gasteiger partial charge in [-0.2, -0.15) is 0 Å². The normalized spacial score (nSPS) is 13.3. The summed E-state index contributed by atoms with van der Waals surface area (Å²) in [6.45, 7) is 4.59. The van der Waals surface area contributed by atoms with Crippen LogP contribution in [0.15, 0.2) is 42.5 Å². The minimum absolute atomic E-state index is 0.115. The monoisotopic (exact) mass is 310 g/mol. The Hall–Kier alpha value is -2.33. The van der Waals surface area contributed by atoms with Crippen molar-refractivity contribution in [1.82, 2.24) is 5.32 Å². The van der Waals surface area contributed by atoms with Crippen LogP contribution in [0, 0.1) is 0 Å². The molecule has 0 saturated carbocycles. The highest BCUT2D eigenvalue weighted by atomic mass is 16.5. The van der Waals surface area contributed by atoms with E-state index in [9.17, 15) is 4.79 Å². The summed E-state index contributed by atoms with van der Waals surface area (Å²) in [5.74, 6) is 0.616. The van der Waals surface area contributed by atoms with Gasteiger partial charge < -0.3 is 15.4 Å². The molecule has 1 amide bonds. The third kappa shape index (κ3) is 3.90. The van der Waals surface area contributed by atoms with Gasteiger partial charge in [-0.05, 0) is 60.8 Å². The first-order valence-corrected chi connectivity index (χ1v) is 8.13. The molecule has 2 aromatic carbocycles. The average molecular weight is 310 g/mol. The van der Waals surface area contributed by atoms with E-state index in [0.29, 0.717) is 12.2 Å². The molecule has 2 N–H and O–H groups in total. The third-order valence-electron chi connectivity index (χ3n) is 3.92. The number of nitrogens with one attached hydrogen (secondary N) is 2. The summed E-state index contributed by atoms with van der Waals surface area (Å²) in [5, 5.41) is 6.32. The molecule has 0 atom stereocenters. The molecule has 1 heterocycles. The summed E-state index contributed by atoms with van der Waals surface area (Å²) < 4.78 is 5.58. The number of hydrogen-bond donors (Lipinski definition) is 2. The lowest BCUT2D eigenvalue weighted by molar-refractivity contribution is 0.102. The number of hydrogen-bond acceptors (Lipinski definition) is 3. The van der Waals surface area contributed by atoms with Crippen molar-refractivity contribution in [3.8, 4) is 5.75 Å². The molecule has 23 heavy (non-hydrogen) atoms. The maximum Gasteiger partial charge on any atom is 0.255 e. The number of rotatable bonds is 5. The van der Waals surface area contributed by atoms with E-state index < -0.39 is 0 Å². The van der Waals surface area contributed by atoms with Crippen LogP contribution >= 0.6 is 0 Å². The maximum atomic E-state index is 12.4. The second-order valence-corrected chi connectivity index (χ2v) is 5.74. The van der Waals surface area contributed by atoms with Gasteiger partial charge in [-0.1, -0.05) is 19.1 Å². The number of ether oxygens (including phenoxy) is 1. The summed E-state index contributed by atoms with van der Waals surface area (Å²) in [6.07, 6.45) is 1.99. The van der Waals surface area contributed by atoms with E-state index in [-0.39, 0.29) is 5.91 Å². The standard InChI is InChI=1S/C19H22N2O2/c1-2-10-23-18-5-3-4-15(12-18)19(22)21-17-7-6-14-8-9-20-13-16(14)11-17/h3-7,11-12,20H,2,8-10,13H2,1H3,(H,21,22). The van der Waals surface area contributed by atoms with Gasteiger partial charge >= 0.3 is 0 Å². The van der Waals surface area contributed by atoms with Crippen molar-refractivity contribution in [3.05, 3.63) is 59.2 Å². The van der Waals surface area contributed by atoms with Crippen LogP contribution in [0.1, 0.15) is 34.8 Å². The van der Waals surface area contributed by atoms with Crippen LogP contribution in [-0.4, -0.2) is 19.1 Å². The summed E-state index contributed by atoms with van der Waals surface area (Å²) in [5.41, 5.74) is 4.05. The van der Waals surface area contributed by atoms with Crippen LogP contribution in [0.5, 0.6) is 5.75 Å². The maximum absolute atomic E-state index is 12.4. The van der Waals surface area contributed by atoms with Crippen molar-refractivity contribution in [2.75, 3.05) is 18.5 Å². The molecule has 0 radical (unpaired) electrons. The van der Waals surface area contributed by atoms with Gasteiger partial charge in [0, 0.05) is 17.8 Å². The fourth-order valence-electron chi connectivity index (χ4n) is 2.71. The molecule has 4 heteroatoms. The van der Waals surface area contributed by atoms with Gasteiger partial charge in [-0.25, -0.2) is 0 Å². The zero-order chi connectivity index (χ0) is 16.1. The molecular formula is C19H22N2O2. The quantitative estimate of drug-likeness (QED) is 0.890. The fourth-order valence-corrected chi connectivity index (χ4v) is 2.71. The number of carbonyl (C=O) groups is 1. The smallest absolute Gasteiger partial charge is 0.255 e. The van der Waals surface area contributed by atoms with Gasteiger partial charge in [-0.15, -0.1) is 0 Å². The predicted octanol–water partition coefficient (Wildman–Crippen LogP) is 3.37. The highest BCUT2D eigenvalue weighted by Gasteiger charge is 2.11. The van der Waals surface area contributed by atoms with Crippen molar-refractivity contribution < 1.29 is 9.53 Å². The topological polar surface area (TPSA) is 50.4 Å². The average Bonchev–Trinajstić information content (AvgIpc) is 2.60. The molecule has 0 aliphatic carbocycles. The first kappa shape index (κ1) is 15.6. The molecule has 2 aromatic rings. The van der Waals surface area contributed by atoms with Gasteiger partial charge in [-0.3, -0.25) is 4.79 Å². The Morgan fingerprint density at radius 1 is 1.22 bits per heavy atom. The predicted molar refractivity (Wildman–Crippen MR) is 92.0 cm³/mol. The summed E-state index contributed by atoms with van der Waals surface area (Å²) in [7, 11) is 0. The van der Waals surface area contributed by atoms with Gasteiger partial charge in [0.15, 0.2) is 0 Å². The van der Waals surface area contributed by atoms with Crippen molar-refractivity contribution in [2.24, 2.45) is 0 Å². The first-order valence-electron chi connectivity index (χ1n) is 8.13. The Morgan fingerprint density at radius 3 is 3.00 bits per heavy atom. The van der Waals surface area contributed by atoms with E-state index in [1.807, 2.05) is 18.2 Å². The molecule has 0 unspecified atom stereocenters. The molecule has 0 bridgehead atoms. The Kier molecular flexibility index (Phi) is 4.93. The first-order chi connectivity index (χ1) is 11.3. The van der Waals surface area contributed by atoms with E-state index in [4.69, 9.17) is 4.74 Å². The van der Waals surface area contributed by atoms with Gasteiger partial charge in [0.2, 0.25) is 0 Å². The van der Waals surface area contributed by atoms with E-state index in [2.05, 4.69) is 29.7 Å². The number of fused-ring (bicyclic) bond motifs is 1. The number of amides is 1. The van der Waals surface area contributed by atoms with E-state index in [0.717, 1.165) is 37.4 Å². The Morgan fingerprint density at radius 2 is 2.13 bits per heavy atom. The van der Waals surface area contributed by atoms with Crippen LogP contribution < -0.4 is 15.4 Å². The Balaban J connectivity index is 1.71. The van der Waals surface area contributed by atoms with Crippen LogP contribution in [0.25, 0.3) is 0 Å². The van der Waals surface area contributed by atoms with Gasteiger partial charge in [0.1, 0.15) is 5.75 Å². The Labute approximate surface area is 136 Å². The van der Waals surface area contributed by atoms with E-state index in [1.54, 1.807) is 12.1 Å². The van der Waals surface area contributed by atoms with Crippen molar-refractivity contribution >= 4 is 11.6 Å². The minimum Gasteiger partial charge on any atom is -0.494 e. The highest BCUT2D eigenvalue weighted by Crippen LogP contribution is 2.20. The van der Waals surface area contributed by atoms with E-state index >= 15 is 0 Å². The van der Waals surface area contributed by atoms with Gasteiger partial charge in [0.25, 0.3) is 5.91 Å².